The molecule has 21 heavy (non-hydrogen) atoms. The Hall–Kier alpha value is -1.68. The van der Waals surface area contributed by atoms with Gasteiger partial charge in [-0.2, -0.15) is 4.98 Å². The lowest BCUT2D eigenvalue weighted by atomic mass is 9.91. The first kappa shape index (κ1) is 14.3. The van der Waals surface area contributed by atoms with Crippen LogP contribution in [0.5, 0.6) is 0 Å². The first-order chi connectivity index (χ1) is 10.1. The predicted molar refractivity (Wildman–Crippen MR) is 82.2 cm³/mol. The first-order valence-electron chi connectivity index (χ1n) is 7.71. The summed E-state index contributed by atoms with van der Waals surface area (Å²) in [6, 6.07) is 6.49. The van der Waals surface area contributed by atoms with Gasteiger partial charge in [0.2, 0.25) is 5.89 Å². The van der Waals surface area contributed by atoms with E-state index < -0.39 is 0 Å². The second-order valence-electron chi connectivity index (χ2n) is 6.33. The molecule has 0 aliphatic carbocycles. The van der Waals surface area contributed by atoms with Gasteiger partial charge >= 0.3 is 0 Å². The van der Waals surface area contributed by atoms with Crippen molar-refractivity contribution in [1.82, 2.24) is 15.5 Å². The van der Waals surface area contributed by atoms with Gasteiger partial charge in [0.05, 0.1) is 5.54 Å². The van der Waals surface area contributed by atoms with Crippen molar-refractivity contribution in [2.75, 3.05) is 6.54 Å². The summed E-state index contributed by atoms with van der Waals surface area (Å²) in [5.41, 5.74) is 3.68. The van der Waals surface area contributed by atoms with Gasteiger partial charge in [0, 0.05) is 6.42 Å². The van der Waals surface area contributed by atoms with E-state index in [0.29, 0.717) is 0 Å². The third kappa shape index (κ3) is 3.00. The maximum Gasteiger partial charge on any atom is 0.246 e. The maximum atomic E-state index is 5.51. The summed E-state index contributed by atoms with van der Waals surface area (Å²) in [5.74, 6) is 1.49. The van der Waals surface area contributed by atoms with Crippen molar-refractivity contribution in [1.29, 1.82) is 0 Å². The van der Waals surface area contributed by atoms with Crippen LogP contribution in [-0.2, 0) is 12.0 Å². The Morgan fingerprint density at radius 1 is 1.24 bits per heavy atom. The average Bonchev–Trinajstić information content (AvgIpc) is 2.93. The van der Waals surface area contributed by atoms with E-state index in [1.165, 1.54) is 29.5 Å². The number of aromatic nitrogens is 2. The van der Waals surface area contributed by atoms with Crippen molar-refractivity contribution in [2.24, 2.45) is 0 Å². The molecule has 2 heterocycles. The normalized spacial score (nSPS) is 22.4. The molecule has 1 saturated heterocycles. The lowest BCUT2D eigenvalue weighted by Crippen LogP contribution is -2.43. The summed E-state index contributed by atoms with van der Waals surface area (Å²) in [5, 5.41) is 7.67. The molecule has 1 unspecified atom stereocenters. The van der Waals surface area contributed by atoms with E-state index >= 15 is 0 Å². The first-order valence-corrected chi connectivity index (χ1v) is 7.71. The molecule has 112 valence electrons. The quantitative estimate of drug-likeness (QED) is 0.940. The number of rotatable bonds is 3. The Labute approximate surface area is 126 Å². The molecule has 1 aromatic carbocycles. The molecule has 0 spiro atoms. The largest absolute Gasteiger partial charge is 0.337 e. The zero-order valence-corrected chi connectivity index (χ0v) is 13.1. The SMILES string of the molecule is Cc1ccc(Cc2noc(C3(C)CCCCN3)n2)cc1C. The number of aryl methyl sites for hydroxylation is 2. The molecule has 1 aromatic heterocycles. The fourth-order valence-electron chi connectivity index (χ4n) is 2.88. The van der Waals surface area contributed by atoms with Crippen molar-refractivity contribution < 1.29 is 4.52 Å². The van der Waals surface area contributed by atoms with Crippen LogP contribution in [0.1, 0.15) is 54.6 Å². The Morgan fingerprint density at radius 2 is 2.10 bits per heavy atom. The highest BCUT2D eigenvalue weighted by Crippen LogP contribution is 2.28. The van der Waals surface area contributed by atoms with Crippen molar-refractivity contribution in [3.8, 4) is 0 Å². The molecule has 1 aliphatic heterocycles. The average molecular weight is 285 g/mol. The summed E-state index contributed by atoms with van der Waals surface area (Å²) < 4.78 is 5.51. The fourth-order valence-corrected chi connectivity index (χ4v) is 2.88. The highest BCUT2D eigenvalue weighted by molar-refractivity contribution is 5.31. The molecule has 0 saturated carbocycles. The minimum Gasteiger partial charge on any atom is -0.337 e. The van der Waals surface area contributed by atoms with E-state index in [4.69, 9.17) is 4.52 Å². The van der Waals surface area contributed by atoms with Crippen LogP contribution in [-0.4, -0.2) is 16.7 Å². The summed E-state index contributed by atoms with van der Waals surface area (Å²) in [7, 11) is 0. The summed E-state index contributed by atoms with van der Waals surface area (Å²) >= 11 is 0. The van der Waals surface area contributed by atoms with Crippen molar-refractivity contribution in [3.63, 3.8) is 0 Å². The van der Waals surface area contributed by atoms with Crippen LogP contribution < -0.4 is 5.32 Å². The molecule has 1 N–H and O–H groups in total. The second-order valence-corrected chi connectivity index (χ2v) is 6.33. The Bertz CT molecular complexity index is 627. The molecule has 4 nitrogen and oxygen atoms in total. The standard InChI is InChI=1S/C17H23N3O/c1-12-6-7-14(10-13(12)2)11-15-19-16(21-20-15)17(3)8-4-5-9-18-17/h6-7,10,18H,4-5,8-9,11H2,1-3H3. The minimum atomic E-state index is -0.160. The van der Waals surface area contributed by atoms with E-state index in [9.17, 15) is 0 Å². The Morgan fingerprint density at radius 3 is 2.81 bits per heavy atom. The molecule has 3 rings (SSSR count). The van der Waals surface area contributed by atoms with Gasteiger partial charge in [0.15, 0.2) is 5.82 Å². The maximum absolute atomic E-state index is 5.51. The Balaban J connectivity index is 1.77. The lowest BCUT2D eigenvalue weighted by molar-refractivity contribution is 0.206. The molecule has 1 atom stereocenters. The zero-order chi connectivity index (χ0) is 14.9. The second kappa shape index (κ2) is 5.60. The molecule has 0 amide bonds. The summed E-state index contributed by atoms with van der Waals surface area (Å²) in [6.45, 7) is 7.43. The molecule has 2 aromatic rings. The molecular formula is C17H23N3O. The van der Waals surface area contributed by atoms with E-state index in [1.54, 1.807) is 0 Å². The molecule has 4 heteroatoms. The van der Waals surface area contributed by atoms with Gasteiger partial charge in [-0.25, -0.2) is 0 Å². The highest BCUT2D eigenvalue weighted by atomic mass is 16.5. The van der Waals surface area contributed by atoms with Gasteiger partial charge in [-0.05, 0) is 63.3 Å². The third-order valence-electron chi connectivity index (χ3n) is 4.49. The smallest absolute Gasteiger partial charge is 0.246 e. The topological polar surface area (TPSA) is 51.0 Å². The van der Waals surface area contributed by atoms with Crippen molar-refractivity contribution in [2.45, 2.75) is 52.0 Å². The van der Waals surface area contributed by atoms with Crippen molar-refractivity contribution >= 4 is 0 Å². The fraction of sp³-hybridized carbons (Fsp3) is 0.529. The number of benzene rings is 1. The number of nitrogens with one attached hydrogen (secondary N) is 1. The van der Waals surface area contributed by atoms with E-state index in [0.717, 1.165) is 31.1 Å². The molecular weight excluding hydrogens is 262 g/mol. The van der Waals surface area contributed by atoms with Crippen LogP contribution in [0.3, 0.4) is 0 Å². The summed E-state index contributed by atoms with van der Waals surface area (Å²) in [4.78, 5) is 4.61. The van der Waals surface area contributed by atoms with E-state index in [-0.39, 0.29) is 5.54 Å². The third-order valence-corrected chi connectivity index (χ3v) is 4.49. The Kier molecular flexibility index (Phi) is 3.81. The molecule has 1 fully saturated rings. The van der Waals surface area contributed by atoms with E-state index in [1.807, 2.05) is 0 Å². The van der Waals surface area contributed by atoms with Crippen LogP contribution in [0.25, 0.3) is 0 Å². The predicted octanol–water partition coefficient (Wildman–Crippen LogP) is 3.27. The molecule has 1 aliphatic rings. The van der Waals surface area contributed by atoms with Crippen LogP contribution >= 0.6 is 0 Å². The van der Waals surface area contributed by atoms with E-state index in [2.05, 4.69) is 54.4 Å². The van der Waals surface area contributed by atoms with Gasteiger partial charge in [-0.15, -0.1) is 0 Å². The van der Waals surface area contributed by atoms with Gasteiger partial charge in [-0.1, -0.05) is 23.4 Å². The van der Waals surface area contributed by atoms with Gasteiger partial charge in [-0.3, -0.25) is 0 Å². The molecule has 0 bridgehead atoms. The van der Waals surface area contributed by atoms with Crippen molar-refractivity contribution in [3.05, 3.63) is 46.6 Å². The lowest BCUT2D eigenvalue weighted by Gasteiger charge is -2.31. The van der Waals surface area contributed by atoms with Crippen LogP contribution in [0, 0.1) is 13.8 Å². The monoisotopic (exact) mass is 285 g/mol. The van der Waals surface area contributed by atoms with Gasteiger partial charge in [0.25, 0.3) is 0 Å². The van der Waals surface area contributed by atoms with Crippen LogP contribution in [0.2, 0.25) is 0 Å². The van der Waals surface area contributed by atoms with Crippen LogP contribution in [0.15, 0.2) is 22.7 Å². The van der Waals surface area contributed by atoms with Gasteiger partial charge < -0.3 is 9.84 Å². The number of piperidine rings is 1. The minimum absolute atomic E-state index is 0.160. The molecule has 0 radical (unpaired) electrons. The summed E-state index contributed by atoms with van der Waals surface area (Å²) in [6.07, 6.45) is 4.20. The van der Waals surface area contributed by atoms with Gasteiger partial charge in [0.1, 0.15) is 0 Å². The number of hydrogen-bond donors (Lipinski definition) is 1. The number of nitrogens with zero attached hydrogens (tertiary/aromatic N) is 2. The van der Waals surface area contributed by atoms with Crippen LogP contribution in [0.4, 0.5) is 0 Å². The number of hydrogen-bond acceptors (Lipinski definition) is 4. The zero-order valence-electron chi connectivity index (χ0n) is 13.1. The highest BCUT2D eigenvalue weighted by Gasteiger charge is 2.34.